The molecule has 0 aromatic carbocycles. The number of allylic oxidation sites excluding steroid dienone is 4. The Balaban J connectivity index is 2.00. The summed E-state index contributed by atoms with van der Waals surface area (Å²) in [5.41, 5.74) is 3.32. The Morgan fingerprint density at radius 2 is 1.71 bits per heavy atom. The maximum absolute atomic E-state index is 2.44. The van der Waals surface area contributed by atoms with Gasteiger partial charge in [-0.2, -0.15) is 0 Å². The van der Waals surface area contributed by atoms with E-state index in [0.29, 0.717) is 0 Å². The van der Waals surface area contributed by atoms with Crippen LogP contribution in [-0.2, 0) is 0 Å². The highest BCUT2D eigenvalue weighted by molar-refractivity contribution is 5.35. The fraction of sp³-hybridized carbons (Fsp3) is 0.714. The van der Waals surface area contributed by atoms with Gasteiger partial charge in [0, 0.05) is 0 Å². The number of fused-ring (bicyclic) bond motifs is 1. The van der Waals surface area contributed by atoms with Crippen LogP contribution in [0, 0.1) is 5.92 Å². The zero-order chi connectivity index (χ0) is 9.80. The molecule has 0 aliphatic heterocycles. The second-order valence-electron chi connectivity index (χ2n) is 4.83. The predicted octanol–water partition coefficient (Wildman–Crippen LogP) is 4.62. The SMILES string of the molecule is CC1=C2CCCCCCCCC2C=C1. The summed E-state index contributed by atoms with van der Waals surface area (Å²) in [5.74, 6) is 0.813. The topological polar surface area (TPSA) is 0 Å². The molecule has 2 rings (SSSR count). The van der Waals surface area contributed by atoms with Gasteiger partial charge in [0.25, 0.3) is 0 Å². The van der Waals surface area contributed by atoms with Gasteiger partial charge in [0.15, 0.2) is 0 Å². The lowest BCUT2D eigenvalue weighted by molar-refractivity contribution is 0.513. The predicted molar refractivity (Wildman–Crippen MR) is 62.3 cm³/mol. The van der Waals surface area contributed by atoms with Gasteiger partial charge in [-0.15, -0.1) is 0 Å². The fourth-order valence-electron chi connectivity index (χ4n) is 2.82. The number of hydrogen-bond donors (Lipinski definition) is 0. The second-order valence-corrected chi connectivity index (χ2v) is 4.83. The van der Waals surface area contributed by atoms with Crippen molar-refractivity contribution in [2.24, 2.45) is 5.92 Å². The van der Waals surface area contributed by atoms with Crippen LogP contribution in [0.2, 0.25) is 0 Å². The molecule has 1 atom stereocenters. The minimum atomic E-state index is 0.813. The molecule has 0 amide bonds. The first kappa shape index (κ1) is 10.0. The van der Waals surface area contributed by atoms with Crippen molar-refractivity contribution in [2.45, 2.75) is 58.3 Å². The quantitative estimate of drug-likeness (QED) is 0.522. The lowest BCUT2D eigenvalue weighted by atomic mass is 9.89. The van der Waals surface area contributed by atoms with Crippen molar-refractivity contribution in [2.75, 3.05) is 0 Å². The molecule has 0 aromatic rings. The Morgan fingerprint density at radius 3 is 2.57 bits per heavy atom. The molecule has 14 heavy (non-hydrogen) atoms. The summed E-state index contributed by atoms with van der Waals surface area (Å²) in [5, 5.41) is 0. The summed E-state index contributed by atoms with van der Waals surface area (Å²) in [6.07, 6.45) is 16.2. The van der Waals surface area contributed by atoms with Crippen molar-refractivity contribution in [1.29, 1.82) is 0 Å². The first-order valence-electron chi connectivity index (χ1n) is 6.26. The Hall–Kier alpha value is -0.520. The fourth-order valence-corrected chi connectivity index (χ4v) is 2.82. The van der Waals surface area contributed by atoms with Crippen LogP contribution >= 0.6 is 0 Å². The van der Waals surface area contributed by atoms with Gasteiger partial charge in [0.05, 0.1) is 0 Å². The molecule has 1 unspecified atom stereocenters. The minimum Gasteiger partial charge on any atom is -0.0771 e. The molecule has 0 saturated heterocycles. The molecular formula is C14H22. The van der Waals surface area contributed by atoms with E-state index in [-0.39, 0.29) is 0 Å². The summed E-state index contributed by atoms with van der Waals surface area (Å²) in [6, 6.07) is 0. The molecule has 0 nitrogen and oxygen atoms in total. The van der Waals surface area contributed by atoms with E-state index in [9.17, 15) is 0 Å². The molecule has 0 aromatic heterocycles. The zero-order valence-electron chi connectivity index (χ0n) is 9.39. The number of rotatable bonds is 0. The molecule has 2 aliphatic rings. The van der Waals surface area contributed by atoms with Gasteiger partial charge in [-0.3, -0.25) is 0 Å². The molecule has 78 valence electrons. The van der Waals surface area contributed by atoms with Crippen LogP contribution in [0.1, 0.15) is 58.3 Å². The van der Waals surface area contributed by atoms with E-state index in [1.54, 1.807) is 11.1 Å². The van der Waals surface area contributed by atoms with Gasteiger partial charge < -0.3 is 0 Å². The summed E-state index contributed by atoms with van der Waals surface area (Å²) in [6.45, 7) is 2.29. The van der Waals surface area contributed by atoms with E-state index < -0.39 is 0 Å². The Morgan fingerprint density at radius 1 is 1.00 bits per heavy atom. The van der Waals surface area contributed by atoms with Gasteiger partial charge in [-0.25, -0.2) is 0 Å². The van der Waals surface area contributed by atoms with Crippen LogP contribution in [0.5, 0.6) is 0 Å². The van der Waals surface area contributed by atoms with E-state index in [4.69, 9.17) is 0 Å². The third-order valence-electron chi connectivity index (χ3n) is 3.74. The van der Waals surface area contributed by atoms with E-state index >= 15 is 0 Å². The second kappa shape index (κ2) is 4.82. The summed E-state index contributed by atoms with van der Waals surface area (Å²) >= 11 is 0. The first-order valence-corrected chi connectivity index (χ1v) is 6.26. The number of hydrogen-bond acceptors (Lipinski definition) is 0. The average molecular weight is 190 g/mol. The lowest BCUT2D eigenvalue weighted by Gasteiger charge is -2.16. The molecule has 0 heteroatoms. The molecule has 2 aliphatic carbocycles. The monoisotopic (exact) mass is 190 g/mol. The van der Waals surface area contributed by atoms with Crippen LogP contribution < -0.4 is 0 Å². The summed E-state index contributed by atoms with van der Waals surface area (Å²) < 4.78 is 0. The normalized spacial score (nSPS) is 29.1. The van der Waals surface area contributed by atoms with Crippen molar-refractivity contribution in [3.8, 4) is 0 Å². The third-order valence-corrected chi connectivity index (χ3v) is 3.74. The van der Waals surface area contributed by atoms with Gasteiger partial charge >= 0.3 is 0 Å². The van der Waals surface area contributed by atoms with Crippen LogP contribution in [0.4, 0.5) is 0 Å². The van der Waals surface area contributed by atoms with Crippen LogP contribution in [0.25, 0.3) is 0 Å². The van der Waals surface area contributed by atoms with Crippen LogP contribution in [0.15, 0.2) is 23.3 Å². The Bertz CT molecular complexity index is 245. The van der Waals surface area contributed by atoms with Gasteiger partial charge in [-0.05, 0) is 32.1 Å². The van der Waals surface area contributed by atoms with Crippen molar-refractivity contribution in [3.05, 3.63) is 23.3 Å². The molecule has 0 radical (unpaired) electrons. The average Bonchev–Trinajstić information content (AvgIpc) is 2.55. The maximum atomic E-state index is 2.44. The van der Waals surface area contributed by atoms with Crippen LogP contribution in [-0.4, -0.2) is 0 Å². The third kappa shape index (κ3) is 2.29. The summed E-state index contributed by atoms with van der Waals surface area (Å²) in [7, 11) is 0. The van der Waals surface area contributed by atoms with Crippen molar-refractivity contribution < 1.29 is 0 Å². The molecule has 0 spiro atoms. The first-order chi connectivity index (χ1) is 6.88. The van der Waals surface area contributed by atoms with Crippen molar-refractivity contribution in [3.63, 3.8) is 0 Å². The largest absolute Gasteiger partial charge is 0.0771 e. The molecule has 0 N–H and O–H groups in total. The summed E-state index contributed by atoms with van der Waals surface area (Å²) in [4.78, 5) is 0. The molecule has 1 saturated carbocycles. The van der Waals surface area contributed by atoms with Crippen LogP contribution in [0.3, 0.4) is 0 Å². The van der Waals surface area contributed by atoms with E-state index in [1.807, 2.05) is 0 Å². The van der Waals surface area contributed by atoms with E-state index in [2.05, 4.69) is 19.1 Å². The van der Waals surface area contributed by atoms with Crippen molar-refractivity contribution in [1.82, 2.24) is 0 Å². The van der Waals surface area contributed by atoms with E-state index in [0.717, 1.165) is 5.92 Å². The highest BCUT2D eigenvalue weighted by Crippen LogP contribution is 2.34. The molecular weight excluding hydrogens is 168 g/mol. The molecule has 0 heterocycles. The van der Waals surface area contributed by atoms with Gasteiger partial charge in [0.1, 0.15) is 0 Å². The Labute approximate surface area is 88.1 Å². The highest BCUT2D eigenvalue weighted by atomic mass is 14.2. The Kier molecular flexibility index (Phi) is 3.44. The highest BCUT2D eigenvalue weighted by Gasteiger charge is 2.17. The van der Waals surface area contributed by atoms with Crippen molar-refractivity contribution >= 4 is 0 Å². The minimum absolute atomic E-state index is 0.813. The zero-order valence-corrected chi connectivity index (χ0v) is 9.39. The van der Waals surface area contributed by atoms with Gasteiger partial charge in [-0.1, -0.05) is 55.4 Å². The molecule has 0 bridgehead atoms. The molecule has 1 fully saturated rings. The smallest absolute Gasteiger partial charge is 0.00143 e. The lowest BCUT2D eigenvalue weighted by Crippen LogP contribution is -2.01. The standard InChI is InChI=1S/C14H22/c1-12-10-11-13-8-6-4-2-3-5-7-9-14(12)13/h10-11,13H,2-9H2,1H3. The van der Waals surface area contributed by atoms with E-state index in [1.165, 1.54) is 51.4 Å². The maximum Gasteiger partial charge on any atom is -0.00143 e. The van der Waals surface area contributed by atoms with Gasteiger partial charge in [0.2, 0.25) is 0 Å².